The van der Waals surface area contributed by atoms with Gasteiger partial charge in [0, 0.05) is 18.8 Å². The van der Waals surface area contributed by atoms with Crippen LogP contribution in [0.1, 0.15) is 18.4 Å². The van der Waals surface area contributed by atoms with E-state index in [0.29, 0.717) is 17.8 Å². The molecule has 2 N–H and O–H groups in total. The van der Waals surface area contributed by atoms with Crippen LogP contribution in [0, 0.1) is 0 Å². The standard InChI is InChI=1S/C13H19BO5/c1-17-13-3-2-11(14(15)16)8-10(13)9-19-12-4-6-18-7-5-12/h2-3,8,12,15-16H,4-7,9H2,1H3. The molecule has 0 amide bonds. The van der Waals surface area contributed by atoms with Crippen LogP contribution in [0.15, 0.2) is 18.2 Å². The van der Waals surface area contributed by atoms with E-state index in [0.717, 1.165) is 31.6 Å². The molecule has 1 aliphatic rings. The highest BCUT2D eigenvalue weighted by Gasteiger charge is 2.17. The Morgan fingerprint density at radius 3 is 2.68 bits per heavy atom. The fourth-order valence-corrected chi connectivity index (χ4v) is 2.12. The summed E-state index contributed by atoms with van der Waals surface area (Å²) in [5.74, 6) is 0.691. The van der Waals surface area contributed by atoms with E-state index in [2.05, 4.69) is 0 Å². The topological polar surface area (TPSA) is 68.2 Å². The first-order valence-electron chi connectivity index (χ1n) is 6.43. The first kappa shape index (κ1) is 14.3. The molecule has 1 aromatic rings. The summed E-state index contributed by atoms with van der Waals surface area (Å²) in [6.45, 7) is 1.86. The second-order valence-electron chi connectivity index (χ2n) is 4.57. The second kappa shape index (κ2) is 6.91. The van der Waals surface area contributed by atoms with Gasteiger partial charge in [-0.05, 0) is 24.4 Å². The average Bonchev–Trinajstić information content (AvgIpc) is 2.45. The Bertz CT molecular complexity index is 404. The van der Waals surface area contributed by atoms with E-state index >= 15 is 0 Å². The van der Waals surface area contributed by atoms with Crippen LogP contribution in [0.5, 0.6) is 5.75 Å². The Kier molecular flexibility index (Phi) is 5.21. The highest BCUT2D eigenvalue weighted by Crippen LogP contribution is 2.20. The van der Waals surface area contributed by atoms with Crippen molar-refractivity contribution < 1.29 is 24.3 Å². The maximum Gasteiger partial charge on any atom is 0.488 e. The largest absolute Gasteiger partial charge is 0.496 e. The zero-order valence-corrected chi connectivity index (χ0v) is 11.0. The molecule has 19 heavy (non-hydrogen) atoms. The van der Waals surface area contributed by atoms with E-state index in [9.17, 15) is 10.0 Å². The minimum absolute atomic E-state index is 0.196. The number of hydrogen-bond acceptors (Lipinski definition) is 5. The van der Waals surface area contributed by atoms with Crippen LogP contribution in [-0.2, 0) is 16.1 Å². The predicted molar refractivity (Wildman–Crippen MR) is 71.4 cm³/mol. The third-order valence-corrected chi connectivity index (χ3v) is 3.25. The molecule has 0 saturated carbocycles. The van der Waals surface area contributed by atoms with Gasteiger partial charge in [-0.2, -0.15) is 0 Å². The van der Waals surface area contributed by atoms with Gasteiger partial charge in [0.05, 0.1) is 19.8 Å². The van der Waals surface area contributed by atoms with Gasteiger partial charge in [-0.25, -0.2) is 0 Å². The smallest absolute Gasteiger partial charge is 0.488 e. The number of rotatable bonds is 5. The van der Waals surface area contributed by atoms with Crippen LogP contribution in [0.3, 0.4) is 0 Å². The highest BCUT2D eigenvalue weighted by atomic mass is 16.5. The second-order valence-corrected chi connectivity index (χ2v) is 4.57. The van der Waals surface area contributed by atoms with Gasteiger partial charge in [0.25, 0.3) is 0 Å². The maximum absolute atomic E-state index is 9.19. The third kappa shape index (κ3) is 3.94. The number of ether oxygens (including phenoxy) is 3. The molecule has 104 valence electrons. The van der Waals surface area contributed by atoms with E-state index in [4.69, 9.17) is 14.2 Å². The molecular formula is C13H19BO5. The number of benzene rings is 1. The summed E-state index contributed by atoms with van der Waals surface area (Å²) < 4.78 is 16.4. The van der Waals surface area contributed by atoms with Crippen molar-refractivity contribution in [1.82, 2.24) is 0 Å². The van der Waals surface area contributed by atoms with Crippen molar-refractivity contribution in [2.75, 3.05) is 20.3 Å². The number of hydrogen-bond donors (Lipinski definition) is 2. The van der Waals surface area contributed by atoms with Gasteiger partial charge in [0.15, 0.2) is 0 Å². The molecular weight excluding hydrogens is 247 g/mol. The summed E-state index contributed by atoms with van der Waals surface area (Å²) >= 11 is 0. The van der Waals surface area contributed by atoms with Crippen molar-refractivity contribution in [3.63, 3.8) is 0 Å². The van der Waals surface area contributed by atoms with Gasteiger partial charge < -0.3 is 24.3 Å². The van der Waals surface area contributed by atoms with Gasteiger partial charge in [-0.3, -0.25) is 0 Å². The van der Waals surface area contributed by atoms with Crippen molar-refractivity contribution in [2.45, 2.75) is 25.6 Å². The van der Waals surface area contributed by atoms with Crippen molar-refractivity contribution in [3.05, 3.63) is 23.8 Å². The van der Waals surface area contributed by atoms with Crippen LogP contribution in [0.25, 0.3) is 0 Å². The van der Waals surface area contributed by atoms with Gasteiger partial charge in [-0.15, -0.1) is 0 Å². The lowest BCUT2D eigenvalue weighted by atomic mass is 9.79. The van der Waals surface area contributed by atoms with E-state index in [-0.39, 0.29) is 6.10 Å². The van der Waals surface area contributed by atoms with Gasteiger partial charge in [0.1, 0.15) is 5.75 Å². The van der Waals surface area contributed by atoms with Crippen LogP contribution in [-0.4, -0.2) is 43.6 Å². The normalized spacial score (nSPS) is 16.4. The van der Waals surface area contributed by atoms with E-state index in [1.54, 1.807) is 25.3 Å². The summed E-state index contributed by atoms with van der Waals surface area (Å²) in [5.41, 5.74) is 1.26. The third-order valence-electron chi connectivity index (χ3n) is 3.25. The molecule has 0 radical (unpaired) electrons. The molecule has 0 spiro atoms. The molecule has 1 aromatic carbocycles. The molecule has 0 aliphatic carbocycles. The van der Waals surface area contributed by atoms with Crippen LogP contribution in [0.2, 0.25) is 0 Å². The molecule has 1 saturated heterocycles. The average molecular weight is 266 g/mol. The van der Waals surface area contributed by atoms with Crippen molar-refractivity contribution in [3.8, 4) is 5.75 Å². The minimum Gasteiger partial charge on any atom is -0.496 e. The van der Waals surface area contributed by atoms with Gasteiger partial charge in [0.2, 0.25) is 0 Å². The highest BCUT2D eigenvalue weighted by molar-refractivity contribution is 6.58. The minimum atomic E-state index is -1.48. The molecule has 2 rings (SSSR count). The van der Waals surface area contributed by atoms with Gasteiger partial charge in [-0.1, -0.05) is 12.1 Å². The van der Waals surface area contributed by atoms with E-state index in [1.807, 2.05) is 0 Å². The van der Waals surface area contributed by atoms with Crippen molar-refractivity contribution in [2.24, 2.45) is 0 Å². The SMILES string of the molecule is COc1ccc(B(O)O)cc1COC1CCOCC1. The summed E-state index contributed by atoms with van der Waals surface area (Å²) in [4.78, 5) is 0. The predicted octanol–water partition coefficient (Wildman–Crippen LogP) is 0.0706. The quantitative estimate of drug-likeness (QED) is 0.738. The Hall–Kier alpha value is -1.08. The Balaban J connectivity index is 2.02. The Morgan fingerprint density at radius 1 is 1.32 bits per heavy atom. The molecule has 1 heterocycles. The Morgan fingerprint density at radius 2 is 2.05 bits per heavy atom. The van der Waals surface area contributed by atoms with Crippen molar-refractivity contribution >= 4 is 12.6 Å². The first-order valence-corrected chi connectivity index (χ1v) is 6.43. The van der Waals surface area contributed by atoms with Crippen molar-refractivity contribution in [1.29, 1.82) is 0 Å². The lowest BCUT2D eigenvalue weighted by molar-refractivity contribution is -0.0394. The zero-order valence-electron chi connectivity index (χ0n) is 11.0. The fraction of sp³-hybridized carbons (Fsp3) is 0.538. The monoisotopic (exact) mass is 266 g/mol. The first-order chi connectivity index (χ1) is 9.20. The molecule has 0 unspecified atom stereocenters. The van der Waals surface area contributed by atoms with E-state index < -0.39 is 7.12 Å². The van der Waals surface area contributed by atoms with Crippen LogP contribution >= 0.6 is 0 Å². The van der Waals surface area contributed by atoms with E-state index in [1.165, 1.54) is 0 Å². The molecule has 0 bridgehead atoms. The Labute approximate surface area is 113 Å². The lowest BCUT2D eigenvalue weighted by Gasteiger charge is -2.23. The molecule has 0 aromatic heterocycles. The summed E-state index contributed by atoms with van der Waals surface area (Å²) in [6, 6.07) is 5.04. The summed E-state index contributed by atoms with van der Waals surface area (Å²) in [5, 5.41) is 18.4. The maximum atomic E-state index is 9.19. The molecule has 1 fully saturated rings. The lowest BCUT2D eigenvalue weighted by Crippen LogP contribution is -2.30. The summed E-state index contributed by atoms with van der Waals surface area (Å²) in [7, 11) is 0.107. The zero-order chi connectivity index (χ0) is 13.7. The molecule has 5 nitrogen and oxygen atoms in total. The van der Waals surface area contributed by atoms with Crippen LogP contribution in [0.4, 0.5) is 0 Å². The fourth-order valence-electron chi connectivity index (χ4n) is 2.12. The molecule has 6 heteroatoms. The molecule has 1 aliphatic heterocycles. The summed E-state index contributed by atoms with van der Waals surface area (Å²) in [6.07, 6.45) is 1.98. The number of methoxy groups -OCH3 is 1. The van der Waals surface area contributed by atoms with Gasteiger partial charge >= 0.3 is 7.12 Å². The molecule has 0 atom stereocenters. The van der Waals surface area contributed by atoms with Crippen LogP contribution < -0.4 is 10.2 Å².